The summed E-state index contributed by atoms with van der Waals surface area (Å²) in [7, 11) is 0. The average molecular weight is 315 g/mol. The Labute approximate surface area is 117 Å². The molecule has 1 N–H and O–H groups in total. The number of hydrogen-bond donors (Lipinski definition) is 1. The molecule has 1 nitrogen and oxygen atoms in total. The number of aliphatic hydroxyl groups is 1. The van der Waals surface area contributed by atoms with Crippen molar-refractivity contribution in [2.45, 2.75) is 51.0 Å². The van der Waals surface area contributed by atoms with E-state index in [1.807, 2.05) is 0 Å². The van der Waals surface area contributed by atoms with Crippen LogP contribution in [-0.2, 0) is 6.42 Å². The van der Waals surface area contributed by atoms with Crippen LogP contribution in [0.1, 0.15) is 44.6 Å². The minimum absolute atomic E-state index is 0.237. The van der Waals surface area contributed by atoms with Gasteiger partial charge in [0.25, 0.3) is 0 Å². The molecule has 18 heavy (non-hydrogen) atoms. The molecule has 100 valence electrons. The van der Waals surface area contributed by atoms with Crippen molar-refractivity contribution in [2.75, 3.05) is 0 Å². The van der Waals surface area contributed by atoms with Crippen LogP contribution in [0.15, 0.2) is 22.7 Å². The molecule has 1 aromatic carbocycles. The van der Waals surface area contributed by atoms with E-state index >= 15 is 0 Å². The van der Waals surface area contributed by atoms with Crippen molar-refractivity contribution >= 4 is 15.9 Å². The van der Waals surface area contributed by atoms with Gasteiger partial charge in [0.15, 0.2) is 0 Å². The van der Waals surface area contributed by atoms with Crippen LogP contribution in [0.3, 0.4) is 0 Å². The van der Waals surface area contributed by atoms with Crippen molar-refractivity contribution in [3.63, 3.8) is 0 Å². The summed E-state index contributed by atoms with van der Waals surface area (Å²) in [5, 5.41) is 10.7. The lowest BCUT2D eigenvalue weighted by molar-refractivity contribution is 0.0242. The van der Waals surface area contributed by atoms with Crippen LogP contribution in [0, 0.1) is 11.7 Å². The number of hydrogen-bond acceptors (Lipinski definition) is 1. The van der Waals surface area contributed by atoms with Crippen molar-refractivity contribution in [1.29, 1.82) is 0 Å². The first kappa shape index (κ1) is 14.0. The van der Waals surface area contributed by atoms with Gasteiger partial charge in [-0.3, -0.25) is 0 Å². The zero-order valence-corrected chi connectivity index (χ0v) is 12.3. The van der Waals surface area contributed by atoms with E-state index in [1.54, 1.807) is 6.07 Å². The van der Waals surface area contributed by atoms with Crippen LogP contribution in [-0.4, -0.2) is 10.7 Å². The molecule has 2 unspecified atom stereocenters. The second kappa shape index (κ2) is 5.70. The molecule has 0 bridgehead atoms. The predicted octanol–water partition coefficient (Wildman–Crippen LogP) is 4.46. The minimum Gasteiger partial charge on any atom is -0.390 e. The highest BCUT2D eigenvalue weighted by molar-refractivity contribution is 9.10. The van der Waals surface area contributed by atoms with Gasteiger partial charge in [-0.2, -0.15) is 0 Å². The third-order valence-electron chi connectivity index (χ3n) is 3.97. The van der Waals surface area contributed by atoms with E-state index in [2.05, 4.69) is 22.9 Å². The van der Waals surface area contributed by atoms with Crippen molar-refractivity contribution in [3.05, 3.63) is 34.1 Å². The van der Waals surface area contributed by atoms with Gasteiger partial charge in [-0.1, -0.05) is 35.7 Å². The summed E-state index contributed by atoms with van der Waals surface area (Å²) in [6, 6.07) is 4.68. The Morgan fingerprint density at radius 1 is 1.39 bits per heavy atom. The fourth-order valence-electron chi connectivity index (χ4n) is 2.77. The van der Waals surface area contributed by atoms with E-state index in [-0.39, 0.29) is 5.82 Å². The Kier molecular flexibility index (Phi) is 4.44. The summed E-state index contributed by atoms with van der Waals surface area (Å²) in [5.74, 6) is 0.453. The third kappa shape index (κ3) is 3.55. The normalized spacial score (nSPS) is 29.0. The van der Waals surface area contributed by atoms with E-state index in [0.717, 1.165) is 35.7 Å². The molecule has 1 fully saturated rings. The monoisotopic (exact) mass is 314 g/mol. The molecule has 0 heterocycles. The first-order valence-corrected chi connectivity index (χ1v) is 7.44. The number of halogens is 2. The smallest absolute Gasteiger partial charge is 0.123 e. The fourth-order valence-corrected chi connectivity index (χ4v) is 3.16. The van der Waals surface area contributed by atoms with Crippen LogP contribution < -0.4 is 0 Å². The quantitative estimate of drug-likeness (QED) is 0.799. The lowest BCUT2D eigenvalue weighted by atomic mass is 9.87. The summed E-state index contributed by atoms with van der Waals surface area (Å²) in [4.78, 5) is 0. The van der Waals surface area contributed by atoms with Gasteiger partial charge in [0, 0.05) is 10.9 Å². The van der Waals surface area contributed by atoms with Gasteiger partial charge in [0.1, 0.15) is 5.82 Å². The zero-order valence-electron chi connectivity index (χ0n) is 10.8. The maximum absolute atomic E-state index is 13.3. The molecule has 2 atom stereocenters. The summed E-state index contributed by atoms with van der Waals surface area (Å²) in [6.07, 6.45) is 5.48. The van der Waals surface area contributed by atoms with Crippen molar-refractivity contribution < 1.29 is 9.50 Å². The standard InChI is InChI=1S/C15H20BrFO/c1-11-3-2-7-15(18,8-6-11)10-12-9-13(17)4-5-14(12)16/h4-5,9,11,18H,2-3,6-8,10H2,1H3. The molecule has 0 amide bonds. The SMILES string of the molecule is CC1CCCC(O)(Cc2cc(F)ccc2Br)CC1. The van der Waals surface area contributed by atoms with E-state index in [1.165, 1.54) is 18.6 Å². The van der Waals surface area contributed by atoms with Gasteiger partial charge in [-0.05, 0) is 48.9 Å². The molecule has 0 aliphatic heterocycles. The van der Waals surface area contributed by atoms with Crippen molar-refractivity contribution in [2.24, 2.45) is 5.92 Å². The second-order valence-electron chi connectivity index (χ2n) is 5.67. The van der Waals surface area contributed by atoms with E-state index < -0.39 is 5.60 Å². The highest BCUT2D eigenvalue weighted by atomic mass is 79.9. The molecule has 1 aliphatic rings. The molecule has 1 aliphatic carbocycles. The molecule has 1 saturated carbocycles. The summed E-state index contributed by atoms with van der Waals surface area (Å²) in [5.41, 5.74) is 0.202. The van der Waals surface area contributed by atoms with Gasteiger partial charge in [-0.15, -0.1) is 0 Å². The van der Waals surface area contributed by atoms with Crippen LogP contribution in [0.4, 0.5) is 4.39 Å². The van der Waals surface area contributed by atoms with E-state index in [0.29, 0.717) is 12.3 Å². The van der Waals surface area contributed by atoms with Crippen LogP contribution in [0.5, 0.6) is 0 Å². The first-order valence-electron chi connectivity index (χ1n) is 6.65. The molecule has 0 aromatic heterocycles. The lowest BCUT2D eigenvalue weighted by Crippen LogP contribution is -2.30. The maximum atomic E-state index is 13.3. The molecular formula is C15H20BrFO. The van der Waals surface area contributed by atoms with Crippen LogP contribution in [0.25, 0.3) is 0 Å². The largest absolute Gasteiger partial charge is 0.390 e. The Balaban J connectivity index is 2.13. The lowest BCUT2D eigenvalue weighted by Gasteiger charge is -2.27. The van der Waals surface area contributed by atoms with Crippen LogP contribution >= 0.6 is 15.9 Å². The van der Waals surface area contributed by atoms with Crippen molar-refractivity contribution in [1.82, 2.24) is 0 Å². The summed E-state index contributed by atoms with van der Waals surface area (Å²) >= 11 is 3.44. The van der Waals surface area contributed by atoms with Gasteiger partial charge in [0.05, 0.1) is 5.60 Å². The molecule has 3 heteroatoms. The molecule has 0 radical (unpaired) electrons. The minimum atomic E-state index is -0.666. The Morgan fingerprint density at radius 3 is 2.94 bits per heavy atom. The van der Waals surface area contributed by atoms with Gasteiger partial charge < -0.3 is 5.11 Å². The molecule has 1 aromatic rings. The maximum Gasteiger partial charge on any atom is 0.123 e. The highest BCUT2D eigenvalue weighted by Crippen LogP contribution is 2.34. The molecule has 2 rings (SSSR count). The predicted molar refractivity (Wildman–Crippen MR) is 75.0 cm³/mol. The third-order valence-corrected chi connectivity index (χ3v) is 4.74. The topological polar surface area (TPSA) is 20.2 Å². The molecule has 0 spiro atoms. The Hall–Kier alpha value is -0.410. The fraction of sp³-hybridized carbons (Fsp3) is 0.600. The zero-order chi connectivity index (χ0) is 13.2. The van der Waals surface area contributed by atoms with Gasteiger partial charge in [-0.25, -0.2) is 4.39 Å². The Morgan fingerprint density at radius 2 is 2.17 bits per heavy atom. The number of benzene rings is 1. The van der Waals surface area contributed by atoms with Gasteiger partial charge >= 0.3 is 0 Å². The van der Waals surface area contributed by atoms with E-state index in [4.69, 9.17) is 0 Å². The van der Waals surface area contributed by atoms with Crippen molar-refractivity contribution in [3.8, 4) is 0 Å². The van der Waals surface area contributed by atoms with Crippen LogP contribution in [0.2, 0.25) is 0 Å². The molecule has 0 saturated heterocycles. The molecular weight excluding hydrogens is 295 g/mol. The average Bonchev–Trinajstić information content (AvgIpc) is 2.47. The first-order chi connectivity index (χ1) is 8.48. The Bertz CT molecular complexity index is 421. The second-order valence-corrected chi connectivity index (χ2v) is 6.53. The van der Waals surface area contributed by atoms with Gasteiger partial charge in [0.2, 0.25) is 0 Å². The van der Waals surface area contributed by atoms with E-state index in [9.17, 15) is 9.50 Å². The number of rotatable bonds is 2. The highest BCUT2D eigenvalue weighted by Gasteiger charge is 2.30. The summed E-state index contributed by atoms with van der Waals surface area (Å²) in [6.45, 7) is 2.24. The summed E-state index contributed by atoms with van der Waals surface area (Å²) < 4.78 is 14.1.